The Labute approximate surface area is 191 Å². The van der Waals surface area contributed by atoms with Gasteiger partial charge in [0.05, 0.1) is 17.8 Å². The van der Waals surface area contributed by atoms with E-state index in [9.17, 15) is 14.4 Å². The Morgan fingerprint density at radius 2 is 1.85 bits per heavy atom. The number of carbonyl (C=O) groups is 3. The Morgan fingerprint density at radius 3 is 2.67 bits per heavy atom. The molecule has 1 saturated heterocycles. The van der Waals surface area contributed by atoms with Crippen molar-refractivity contribution in [1.29, 1.82) is 0 Å². The zero-order chi connectivity index (χ0) is 23.4. The average molecular weight is 447 g/mol. The summed E-state index contributed by atoms with van der Waals surface area (Å²) in [6.45, 7) is 0.288. The van der Waals surface area contributed by atoms with Crippen LogP contribution < -0.4 is 15.5 Å². The lowest BCUT2D eigenvalue weighted by atomic mass is 10.1. The van der Waals surface area contributed by atoms with E-state index >= 15 is 0 Å². The minimum absolute atomic E-state index is 0.188. The number of amides is 3. The molecule has 33 heavy (non-hydrogen) atoms. The van der Waals surface area contributed by atoms with Gasteiger partial charge in [-0.1, -0.05) is 6.07 Å². The van der Waals surface area contributed by atoms with Crippen LogP contribution in [0.5, 0.6) is 0 Å². The van der Waals surface area contributed by atoms with Gasteiger partial charge < -0.3 is 20.4 Å². The van der Waals surface area contributed by atoms with Gasteiger partial charge in [0.1, 0.15) is 6.04 Å². The summed E-state index contributed by atoms with van der Waals surface area (Å²) >= 11 is 0. The van der Waals surface area contributed by atoms with Crippen LogP contribution in [0, 0.1) is 0 Å². The van der Waals surface area contributed by atoms with Gasteiger partial charge in [0.2, 0.25) is 11.8 Å². The molecule has 1 aromatic carbocycles. The van der Waals surface area contributed by atoms with E-state index in [2.05, 4.69) is 20.6 Å². The van der Waals surface area contributed by atoms with Crippen molar-refractivity contribution in [1.82, 2.24) is 20.2 Å². The lowest BCUT2D eigenvalue weighted by Crippen LogP contribution is -2.47. The van der Waals surface area contributed by atoms with Crippen molar-refractivity contribution in [2.75, 3.05) is 37.4 Å². The molecule has 9 heteroatoms. The van der Waals surface area contributed by atoms with Crippen molar-refractivity contribution in [2.24, 2.45) is 0 Å². The van der Waals surface area contributed by atoms with Gasteiger partial charge in [0.25, 0.3) is 5.91 Å². The van der Waals surface area contributed by atoms with E-state index in [-0.39, 0.29) is 24.3 Å². The van der Waals surface area contributed by atoms with Crippen molar-refractivity contribution in [3.63, 3.8) is 0 Å². The first-order chi connectivity index (χ1) is 15.9. The molecule has 0 unspecified atom stereocenters. The first-order valence-corrected chi connectivity index (χ1v) is 10.8. The van der Waals surface area contributed by atoms with Crippen LogP contribution >= 0.6 is 0 Å². The largest absolute Gasteiger partial charge is 0.377 e. The van der Waals surface area contributed by atoms with E-state index in [1.54, 1.807) is 24.7 Å². The summed E-state index contributed by atoms with van der Waals surface area (Å²) in [6, 6.07) is 8.67. The molecule has 0 spiro atoms. The summed E-state index contributed by atoms with van der Waals surface area (Å²) in [5.74, 6) is -0.915. The number of carbonyl (C=O) groups excluding carboxylic acids is 3. The van der Waals surface area contributed by atoms with Gasteiger partial charge in [-0.05, 0) is 42.5 Å². The Kier molecular flexibility index (Phi) is 6.48. The Hall–Kier alpha value is -4.01. The zero-order valence-electron chi connectivity index (χ0n) is 18.6. The fraction of sp³-hybridized carbons (Fsp3) is 0.292. The predicted octanol–water partition coefficient (Wildman–Crippen LogP) is 2.06. The minimum Gasteiger partial charge on any atom is -0.377 e. The van der Waals surface area contributed by atoms with Crippen LogP contribution in [0.4, 0.5) is 11.4 Å². The zero-order valence-corrected chi connectivity index (χ0v) is 18.6. The summed E-state index contributed by atoms with van der Waals surface area (Å²) in [5, 5.41) is 7.53. The second kappa shape index (κ2) is 9.64. The van der Waals surface area contributed by atoms with Crippen molar-refractivity contribution >= 4 is 39.9 Å². The SMILES string of the molecule is CN(C)c1ccncc1C(=O)NCC(=O)N1CCC[C@@H]1C(=O)Nc1ccc2ccncc2c1. The summed E-state index contributed by atoms with van der Waals surface area (Å²) in [7, 11) is 3.66. The fourth-order valence-electron chi connectivity index (χ4n) is 4.03. The number of rotatable bonds is 6. The molecule has 0 aliphatic carbocycles. The molecule has 3 aromatic rings. The monoisotopic (exact) mass is 446 g/mol. The van der Waals surface area contributed by atoms with E-state index in [0.29, 0.717) is 29.9 Å². The number of nitrogens with one attached hydrogen (secondary N) is 2. The molecule has 1 fully saturated rings. The van der Waals surface area contributed by atoms with Gasteiger partial charge in [-0.2, -0.15) is 0 Å². The number of hydrogen-bond acceptors (Lipinski definition) is 6. The summed E-state index contributed by atoms with van der Waals surface area (Å²) in [6.07, 6.45) is 7.85. The summed E-state index contributed by atoms with van der Waals surface area (Å²) in [5.41, 5.74) is 1.75. The van der Waals surface area contributed by atoms with Gasteiger partial charge >= 0.3 is 0 Å². The molecule has 170 valence electrons. The second-order valence-corrected chi connectivity index (χ2v) is 8.14. The van der Waals surface area contributed by atoms with Gasteiger partial charge in [0, 0.05) is 56.5 Å². The van der Waals surface area contributed by atoms with E-state index < -0.39 is 6.04 Å². The van der Waals surface area contributed by atoms with Crippen LogP contribution in [0.1, 0.15) is 23.2 Å². The quantitative estimate of drug-likeness (QED) is 0.600. The predicted molar refractivity (Wildman–Crippen MR) is 126 cm³/mol. The van der Waals surface area contributed by atoms with Gasteiger partial charge in [-0.25, -0.2) is 0 Å². The van der Waals surface area contributed by atoms with Crippen molar-refractivity contribution in [2.45, 2.75) is 18.9 Å². The molecule has 2 N–H and O–H groups in total. The highest BCUT2D eigenvalue weighted by atomic mass is 16.2. The Morgan fingerprint density at radius 1 is 1.06 bits per heavy atom. The van der Waals surface area contributed by atoms with Gasteiger partial charge in [-0.3, -0.25) is 24.4 Å². The Bertz CT molecular complexity index is 1200. The fourth-order valence-corrected chi connectivity index (χ4v) is 4.03. The number of hydrogen-bond donors (Lipinski definition) is 2. The molecule has 2 aromatic heterocycles. The molecule has 0 saturated carbocycles. The minimum atomic E-state index is -0.574. The standard InChI is InChI=1S/C24H26N6O3/c1-29(2)20-8-10-26-14-19(20)23(32)27-15-22(31)30-11-3-4-21(30)24(33)28-18-6-5-16-7-9-25-13-17(16)12-18/h5-10,12-14,21H,3-4,11,15H2,1-2H3,(H,27,32)(H,28,33)/t21-/m1/s1. The first-order valence-electron chi connectivity index (χ1n) is 10.8. The molecule has 1 atom stereocenters. The number of anilines is 2. The maximum Gasteiger partial charge on any atom is 0.255 e. The van der Waals surface area contributed by atoms with Crippen LogP contribution in [0.2, 0.25) is 0 Å². The van der Waals surface area contributed by atoms with Crippen molar-refractivity contribution in [3.05, 3.63) is 60.7 Å². The number of nitrogens with zero attached hydrogens (tertiary/aromatic N) is 4. The van der Waals surface area contributed by atoms with Crippen LogP contribution in [0.3, 0.4) is 0 Å². The first kappa shape index (κ1) is 22.2. The molecule has 0 bridgehead atoms. The molecule has 9 nitrogen and oxygen atoms in total. The van der Waals surface area contributed by atoms with Crippen LogP contribution in [-0.4, -0.2) is 65.8 Å². The normalized spacial score (nSPS) is 15.3. The smallest absolute Gasteiger partial charge is 0.255 e. The third-order valence-electron chi connectivity index (χ3n) is 5.71. The molecule has 1 aliphatic rings. The number of pyridine rings is 2. The molecule has 3 heterocycles. The maximum atomic E-state index is 12.9. The highest BCUT2D eigenvalue weighted by molar-refractivity contribution is 6.02. The van der Waals surface area contributed by atoms with Crippen LogP contribution in [-0.2, 0) is 9.59 Å². The van der Waals surface area contributed by atoms with E-state index in [4.69, 9.17) is 0 Å². The Balaban J connectivity index is 1.38. The van der Waals surface area contributed by atoms with Crippen molar-refractivity contribution < 1.29 is 14.4 Å². The molecular formula is C24H26N6O3. The van der Waals surface area contributed by atoms with E-state index in [1.807, 2.05) is 43.3 Å². The van der Waals surface area contributed by atoms with E-state index in [0.717, 1.165) is 17.2 Å². The maximum absolute atomic E-state index is 12.9. The summed E-state index contributed by atoms with van der Waals surface area (Å²) in [4.78, 5) is 49.8. The highest BCUT2D eigenvalue weighted by Crippen LogP contribution is 2.22. The summed E-state index contributed by atoms with van der Waals surface area (Å²) < 4.78 is 0. The molecule has 1 aliphatic heterocycles. The number of likely N-dealkylation sites (tertiary alicyclic amines) is 1. The molecule has 4 rings (SSSR count). The second-order valence-electron chi connectivity index (χ2n) is 8.14. The third-order valence-corrected chi connectivity index (χ3v) is 5.71. The highest BCUT2D eigenvalue weighted by Gasteiger charge is 2.34. The van der Waals surface area contributed by atoms with Crippen LogP contribution in [0.25, 0.3) is 10.8 Å². The van der Waals surface area contributed by atoms with Crippen LogP contribution in [0.15, 0.2) is 55.1 Å². The number of fused-ring (bicyclic) bond motifs is 1. The topological polar surface area (TPSA) is 108 Å². The number of aromatic nitrogens is 2. The van der Waals surface area contributed by atoms with Gasteiger partial charge in [-0.15, -0.1) is 0 Å². The lowest BCUT2D eigenvalue weighted by molar-refractivity contribution is -0.135. The molecule has 3 amide bonds. The van der Waals surface area contributed by atoms with E-state index in [1.165, 1.54) is 11.1 Å². The van der Waals surface area contributed by atoms with Gasteiger partial charge in [0.15, 0.2) is 0 Å². The average Bonchev–Trinajstić information content (AvgIpc) is 3.32. The lowest BCUT2D eigenvalue weighted by Gasteiger charge is -2.24. The third kappa shape index (κ3) is 4.92. The molecular weight excluding hydrogens is 420 g/mol. The molecule has 0 radical (unpaired) electrons. The van der Waals surface area contributed by atoms with Crippen molar-refractivity contribution in [3.8, 4) is 0 Å². The number of benzene rings is 1.